The smallest absolute Gasteiger partial charge is 0.337 e. The highest BCUT2D eigenvalue weighted by Gasteiger charge is 2.38. The molecule has 0 unspecified atom stereocenters. The summed E-state index contributed by atoms with van der Waals surface area (Å²) in [5, 5.41) is 9.90. The number of carbonyl (C=O) groups is 2. The van der Waals surface area contributed by atoms with Crippen molar-refractivity contribution >= 4 is 17.6 Å². The minimum Gasteiger partial charge on any atom is -0.337 e. The first-order valence-electron chi connectivity index (χ1n) is 9.60. The minimum absolute atomic E-state index is 0.0115. The van der Waals surface area contributed by atoms with Crippen molar-refractivity contribution in [1.29, 1.82) is 0 Å². The zero-order chi connectivity index (χ0) is 23.9. The summed E-state index contributed by atoms with van der Waals surface area (Å²) >= 11 is 0. The molecule has 1 atom stereocenters. The number of nitrogens with zero attached hydrogens (tertiary/aromatic N) is 6. The van der Waals surface area contributed by atoms with E-state index in [1.807, 2.05) is 0 Å². The Morgan fingerprint density at radius 2 is 1.97 bits per heavy atom. The van der Waals surface area contributed by atoms with Gasteiger partial charge < -0.3 is 5.32 Å². The van der Waals surface area contributed by atoms with Gasteiger partial charge in [0.05, 0.1) is 6.54 Å². The molecule has 2 amide bonds. The van der Waals surface area contributed by atoms with Crippen LogP contribution in [0.25, 0.3) is 0 Å². The van der Waals surface area contributed by atoms with Crippen molar-refractivity contribution in [3.05, 3.63) is 59.3 Å². The average Bonchev–Trinajstić information content (AvgIpc) is 3.37. The Morgan fingerprint density at radius 3 is 2.67 bits per heavy atom. The third kappa shape index (κ3) is 4.54. The van der Waals surface area contributed by atoms with Gasteiger partial charge >= 0.3 is 6.18 Å². The second kappa shape index (κ2) is 8.26. The van der Waals surface area contributed by atoms with E-state index >= 15 is 0 Å². The molecule has 3 heterocycles. The molecule has 0 radical (unpaired) electrons. The molecular weight excluding hydrogens is 453 g/mol. The molecule has 1 aromatic carbocycles. The number of anilines is 1. The Morgan fingerprint density at radius 1 is 1.21 bits per heavy atom. The molecule has 14 heteroatoms. The number of benzene rings is 1. The van der Waals surface area contributed by atoms with Crippen LogP contribution >= 0.6 is 0 Å². The van der Waals surface area contributed by atoms with E-state index in [1.165, 1.54) is 24.1 Å². The Hall–Kier alpha value is -3.84. The van der Waals surface area contributed by atoms with Gasteiger partial charge in [0.1, 0.15) is 29.8 Å². The third-order valence-corrected chi connectivity index (χ3v) is 5.04. The van der Waals surface area contributed by atoms with Gasteiger partial charge in [0.15, 0.2) is 5.69 Å². The number of rotatable bonds is 4. The normalized spacial score (nSPS) is 16.5. The summed E-state index contributed by atoms with van der Waals surface area (Å²) in [5.41, 5.74) is -0.992. The molecule has 0 bridgehead atoms. The number of hydrogen-bond acceptors (Lipinski definition) is 5. The molecule has 1 N–H and O–H groups in total. The zero-order valence-corrected chi connectivity index (χ0v) is 17.0. The average molecular weight is 469 g/mol. The maximum absolute atomic E-state index is 13.8. The number of alkyl halides is 3. The van der Waals surface area contributed by atoms with Gasteiger partial charge in [-0.25, -0.2) is 23.1 Å². The fourth-order valence-electron chi connectivity index (χ4n) is 3.36. The lowest BCUT2D eigenvalue weighted by Gasteiger charge is -2.19. The Balaban J connectivity index is 1.44. The van der Waals surface area contributed by atoms with E-state index in [-0.39, 0.29) is 36.7 Å². The number of nitrogens with one attached hydrogen (secondary N) is 1. The van der Waals surface area contributed by atoms with E-state index in [0.717, 1.165) is 27.8 Å². The largest absolute Gasteiger partial charge is 0.435 e. The van der Waals surface area contributed by atoms with Crippen molar-refractivity contribution < 1.29 is 31.5 Å². The van der Waals surface area contributed by atoms with Crippen LogP contribution < -0.4 is 10.2 Å². The predicted octanol–water partition coefficient (Wildman–Crippen LogP) is 1.98. The molecular formula is C19H16F5N7O2. The molecule has 1 aliphatic heterocycles. The summed E-state index contributed by atoms with van der Waals surface area (Å²) in [4.78, 5) is 30.1. The standard InChI is InChI=1S/C19H16F5N7O2/c1-29-15-7-14(19(22,23)24)27-31(15)5-4-13(18(29)33)26-17(32)16-25-9-30(28-16)8-10-2-3-11(20)6-12(10)21/h2-3,6-7,9,13H,4-5,8H2,1H3,(H,26,32)/t13-/m1/s1. The zero-order valence-electron chi connectivity index (χ0n) is 17.0. The first kappa shape index (κ1) is 22.4. The number of halogens is 5. The lowest BCUT2D eigenvalue weighted by atomic mass is 10.2. The summed E-state index contributed by atoms with van der Waals surface area (Å²) in [7, 11) is 1.28. The monoisotopic (exact) mass is 469 g/mol. The fourth-order valence-corrected chi connectivity index (χ4v) is 3.36. The summed E-state index contributed by atoms with van der Waals surface area (Å²) in [6.45, 7) is -0.154. The van der Waals surface area contributed by atoms with Crippen LogP contribution in [0.1, 0.15) is 28.3 Å². The summed E-state index contributed by atoms with van der Waals surface area (Å²) < 4.78 is 67.8. The van der Waals surface area contributed by atoms with E-state index in [9.17, 15) is 31.5 Å². The quantitative estimate of drug-likeness (QED) is 0.590. The summed E-state index contributed by atoms with van der Waals surface area (Å²) in [6, 6.07) is 2.75. The second-order valence-electron chi connectivity index (χ2n) is 7.32. The molecule has 0 saturated carbocycles. The highest BCUT2D eigenvalue weighted by molar-refractivity contribution is 6.00. The van der Waals surface area contributed by atoms with E-state index in [2.05, 4.69) is 20.5 Å². The Bertz CT molecular complexity index is 1220. The Labute approximate surface area is 182 Å². The van der Waals surface area contributed by atoms with Crippen molar-refractivity contribution in [2.75, 3.05) is 11.9 Å². The number of fused-ring (bicyclic) bond motifs is 1. The maximum Gasteiger partial charge on any atom is 0.435 e. The van der Waals surface area contributed by atoms with Crippen LogP contribution in [0.5, 0.6) is 0 Å². The first-order chi connectivity index (χ1) is 15.5. The van der Waals surface area contributed by atoms with Crippen LogP contribution in [0, 0.1) is 11.6 Å². The molecule has 9 nitrogen and oxygen atoms in total. The summed E-state index contributed by atoms with van der Waals surface area (Å²) in [6.07, 6.45) is -3.49. The fraction of sp³-hybridized carbons (Fsp3) is 0.316. The predicted molar refractivity (Wildman–Crippen MR) is 102 cm³/mol. The molecule has 1 aliphatic rings. The summed E-state index contributed by atoms with van der Waals surface area (Å²) in [5.74, 6) is -3.29. The van der Waals surface area contributed by atoms with Gasteiger partial charge in [0.2, 0.25) is 5.82 Å². The van der Waals surface area contributed by atoms with E-state index < -0.39 is 41.4 Å². The van der Waals surface area contributed by atoms with Crippen molar-refractivity contribution in [1.82, 2.24) is 29.9 Å². The lowest BCUT2D eigenvalue weighted by Crippen LogP contribution is -2.47. The van der Waals surface area contributed by atoms with Crippen molar-refractivity contribution in [2.24, 2.45) is 0 Å². The number of aryl methyl sites for hydroxylation is 1. The van der Waals surface area contributed by atoms with Crippen LogP contribution in [-0.2, 0) is 24.1 Å². The van der Waals surface area contributed by atoms with Gasteiger partial charge in [-0.2, -0.15) is 18.3 Å². The molecule has 174 valence electrons. The number of likely N-dealkylation sites (N-methyl/N-ethyl adjacent to an activating group) is 1. The van der Waals surface area contributed by atoms with E-state index in [4.69, 9.17) is 0 Å². The maximum atomic E-state index is 13.8. The van der Waals surface area contributed by atoms with E-state index in [0.29, 0.717) is 0 Å². The third-order valence-electron chi connectivity index (χ3n) is 5.04. The Kier molecular flexibility index (Phi) is 5.59. The van der Waals surface area contributed by atoms with Crippen LogP contribution in [0.4, 0.5) is 27.8 Å². The molecule has 33 heavy (non-hydrogen) atoms. The van der Waals surface area contributed by atoms with Crippen LogP contribution in [0.15, 0.2) is 30.6 Å². The number of hydrogen-bond donors (Lipinski definition) is 1. The van der Waals surface area contributed by atoms with Crippen LogP contribution in [0.2, 0.25) is 0 Å². The molecule has 3 aromatic rings. The van der Waals surface area contributed by atoms with Gasteiger partial charge in [-0.05, 0) is 12.5 Å². The van der Waals surface area contributed by atoms with Gasteiger partial charge in [-0.15, -0.1) is 5.10 Å². The van der Waals surface area contributed by atoms with Crippen molar-refractivity contribution in [3.63, 3.8) is 0 Å². The molecule has 0 spiro atoms. The number of carbonyl (C=O) groups excluding carboxylic acids is 2. The SMILES string of the molecule is CN1C(=O)[C@H](NC(=O)c2ncn(Cc3ccc(F)cc3F)n2)CCn2nc(C(F)(F)F)cc21. The van der Waals surface area contributed by atoms with Crippen LogP contribution in [-0.4, -0.2) is 49.4 Å². The van der Waals surface area contributed by atoms with Crippen molar-refractivity contribution in [3.8, 4) is 0 Å². The number of amides is 2. The molecule has 4 rings (SSSR count). The van der Waals surface area contributed by atoms with Gasteiger partial charge in [0, 0.05) is 31.3 Å². The minimum atomic E-state index is -4.65. The van der Waals surface area contributed by atoms with Crippen molar-refractivity contribution in [2.45, 2.75) is 31.7 Å². The van der Waals surface area contributed by atoms with Crippen LogP contribution in [0.3, 0.4) is 0 Å². The molecule has 0 saturated heterocycles. The van der Waals surface area contributed by atoms with Gasteiger partial charge in [-0.1, -0.05) is 6.07 Å². The first-order valence-corrected chi connectivity index (χ1v) is 9.60. The molecule has 0 fully saturated rings. The van der Waals surface area contributed by atoms with E-state index in [1.54, 1.807) is 0 Å². The van der Waals surface area contributed by atoms with Gasteiger partial charge in [0.25, 0.3) is 11.8 Å². The highest BCUT2D eigenvalue weighted by atomic mass is 19.4. The number of aromatic nitrogens is 5. The molecule has 0 aliphatic carbocycles. The second-order valence-corrected chi connectivity index (χ2v) is 7.32. The topological polar surface area (TPSA) is 97.9 Å². The molecule has 2 aromatic heterocycles. The highest BCUT2D eigenvalue weighted by Crippen LogP contribution is 2.32. The van der Waals surface area contributed by atoms with Gasteiger partial charge in [-0.3, -0.25) is 14.5 Å². The lowest BCUT2D eigenvalue weighted by molar-refractivity contribution is -0.141.